The molecule has 2 bridgehead atoms. The molecule has 3 nitrogen and oxygen atoms in total. The van der Waals surface area contributed by atoms with Crippen molar-refractivity contribution in [2.45, 2.75) is 25.3 Å². The number of hydrogen-bond donors (Lipinski definition) is 2. The van der Waals surface area contributed by atoms with Gasteiger partial charge in [-0.3, -0.25) is 4.79 Å². The molecular formula is C15H17NO2. The van der Waals surface area contributed by atoms with E-state index in [4.69, 9.17) is 0 Å². The number of phenols is 1. The topological polar surface area (TPSA) is 49.3 Å². The molecule has 2 N–H and O–H groups in total. The Morgan fingerprint density at radius 1 is 1.11 bits per heavy atom. The summed E-state index contributed by atoms with van der Waals surface area (Å²) in [6.07, 6.45) is 4.15. The van der Waals surface area contributed by atoms with Crippen molar-refractivity contribution in [2.75, 3.05) is 0 Å². The van der Waals surface area contributed by atoms with Crippen LogP contribution in [0.2, 0.25) is 0 Å². The largest absolute Gasteiger partial charge is 0.508 e. The maximum absolute atomic E-state index is 12.1. The second-order valence-corrected chi connectivity index (χ2v) is 6.03. The molecule has 4 atom stereocenters. The minimum absolute atomic E-state index is 0.00815. The van der Waals surface area contributed by atoms with Gasteiger partial charge in [0.1, 0.15) is 5.75 Å². The number of fused-ring (bicyclic) bond motifs is 5. The van der Waals surface area contributed by atoms with Gasteiger partial charge in [0.25, 0.3) is 5.91 Å². The summed E-state index contributed by atoms with van der Waals surface area (Å²) in [6, 6.07) is 6.91. The molecule has 3 aliphatic rings. The van der Waals surface area contributed by atoms with Gasteiger partial charge >= 0.3 is 0 Å². The van der Waals surface area contributed by atoms with Gasteiger partial charge in [-0.2, -0.15) is 0 Å². The van der Waals surface area contributed by atoms with Gasteiger partial charge in [-0.1, -0.05) is 0 Å². The lowest BCUT2D eigenvalue weighted by Gasteiger charge is -2.10. The summed E-state index contributed by atoms with van der Waals surface area (Å²) >= 11 is 0. The minimum atomic E-state index is 0.00815. The van der Waals surface area contributed by atoms with Crippen molar-refractivity contribution in [3.63, 3.8) is 0 Å². The van der Waals surface area contributed by atoms with Crippen molar-refractivity contribution in [3.8, 4) is 5.75 Å². The molecule has 0 radical (unpaired) electrons. The molecule has 0 spiro atoms. The number of hydrogen-bond acceptors (Lipinski definition) is 2. The van der Waals surface area contributed by atoms with E-state index >= 15 is 0 Å². The van der Waals surface area contributed by atoms with E-state index in [2.05, 4.69) is 5.32 Å². The lowest BCUT2D eigenvalue weighted by Crippen LogP contribution is -2.29. The molecule has 0 heterocycles. The Balaban J connectivity index is 1.44. The van der Waals surface area contributed by atoms with Gasteiger partial charge < -0.3 is 10.4 Å². The first-order valence-corrected chi connectivity index (χ1v) is 6.84. The van der Waals surface area contributed by atoms with E-state index in [1.165, 1.54) is 19.3 Å². The predicted octanol–water partition coefficient (Wildman–Crippen LogP) is 2.17. The van der Waals surface area contributed by atoms with Crippen molar-refractivity contribution >= 4 is 5.91 Å². The van der Waals surface area contributed by atoms with Crippen molar-refractivity contribution < 1.29 is 9.90 Å². The van der Waals surface area contributed by atoms with E-state index in [9.17, 15) is 9.90 Å². The van der Waals surface area contributed by atoms with E-state index in [0.717, 1.165) is 23.7 Å². The highest BCUT2D eigenvalue weighted by molar-refractivity contribution is 5.94. The number of amides is 1. The Bertz CT molecular complexity index is 480. The molecule has 0 aliphatic heterocycles. The van der Waals surface area contributed by atoms with Crippen molar-refractivity contribution in [1.29, 1.82) is 0 Å². The van der Waals surface area contributed by atoms with Gasteiger partial charge in [0.05, 0.1) is 0 Å². The van der Waals surface area contributed by atoms with Crippen LogP contribution in [0.25, 0.3) is 0 Å². The van der Waals surface area contributed by atoms with Gasteiger partial charge in [0, 0.05) is 11.6 Å². The van der Waals surface area contributed by atoms with Crippen LogP contribution < -0.4 is 5.32 Å². The van der Waals surface area contributed by atoms with Crippen LogP contribution in [0.4, 0.5) is 0 Å². The van der Waals surface area contributed by atoms with Gasteiger partial charge in [-0.25, -0.2) is 0 Å². The maximum atomic E-state index is 12.1. The summed E-state index contributed by atoms with van der Waals surface area (Å²) in [7, 11) is 0. The fourth-order valence-electron chi connectivity index (χ4n) is 4.37. The van der Waals surface area contributed by atoms with Crippen LogP contribution in [0.3, 0.4) is 0 Å². The molecular weight excluding hydrogens is 226 g/mol. The lowest BCUT2D eigenvalue weighted by molar-refractivity contribution is 0.0944. The third kappa shape index (κ3) is 1.39. The summed E-state index contributed by atoms with van der Waals surface area (Å²) in [6.45, 7) is 0. The average Bonchev–Trinajstić information content (AvgIpc) is 2.78. The fraction of sp³-hybridized carbons (Fsp3) is 0.533. The highest BCUT2D eigenvalue weighted by atomic mass is 16.3. The molecule has 3 fully saturated rings. The first kappa shape index (κ1) is 10.4. The van der Waals surface area contributed by atoms with Gasteiger partial charge in [0.15, 0.2) is 0 Å². The van der Waals surface area contributed by atoms with E-state index in [1.54, 1.807) is 24.3 Å². The number of rotatable bonds is 2. The normalized spacial score (nSPS) is 39.4. The SMILES string of the molecule is O=C(NC1C2C3CCC(C3)C12)c1ccc(O)cc1. The summed E-state index contributed by atoms with van der Waals surface area (Å²) in [5.41, 5.74) is 0.644. The molecule has 94 valence electrons. The molecule has 3 aliphatic carbocycles. The minimum Gasteiger partial charge on any atom is -0.508 e. The maximum Gasteiger partial charge on any atom is 0.251 e. The zero-order valence-corrected chi connectivity index (χ0v) is 10.2. The second-order valence-electron chi connectivity index (χ2n) is 6.03. The standard InChI is InChI=1S/C15H17NO2/c17-11-5-3-8(4-6-11)15(18)16-14-12-9-1-2-10(7-9)13(12)14/h3-6,9-10,12-14,17H,1-2,7H2,(H,16,18). The van der Waals surface area contributed by atoms with Crippen LogP contribution in [0.5, 0.6) is 5.75 Å². The first-order valence-electron chi connectivity index (χ1n) is 6.84. The number of benzene rings is 1. The third-order valence-corrected chi connectivity index (χ3v) is 5.16. The smallest absolute Gasteiger partial charge is 0.251 e. The van der Waals surface area contributed by atoms with E-state index in [0.29, 0.717) is 11.6 Å². The molecule has 1 aromatic rings. The lowest BCUT2D eigenvalue weighted by atomic mass is 10.0. The Hall–Kier alpha value is -1.51. The molecule has 1 amide bonds. The van der Waals surface area contributed by atoms with Gasteiger partial charge in [-0.15, -0.1) is 0 Å². The molecule has 1 aromatic carbocycles. The van der Waals surface area contributed by atoms with E-state index in [1.807, 2.05) is 0 Å². The van der Waals surface area contributed by atoms with E-state index in [-0.39, 0.29) is 11.7 Å². The predicted molar refractivity (Wildman–Crippen MR) is 67.2 cm³/mol. The molecule has 4 rings (SSSR count). The number of nitrogens with one attached hydrogen (secondary N) is 1. The number of carbonyl (C=O) groups is 1. The summed E-state index contributed by atoms with van der Waals surface area (Å²) in [5, 5.41) is 12.4. The summed E-state index contributed by atoms with van der Waals surface area (Å²) in [4.78, 5) is 12.1. The molecule has 0 saturated heterocycles. The van der Waals surface area contributed by atoms with Crippen LogP contribution in [-0.4, -0.2) is 17.1 Å². The third-order valence-electron chi connectivity index (χ3n) is 5.16. The van der Waals surface area contributed by atoms with Crippen LogP contribution in [0.15, 0.2) is 24.3 Å². The van der Waals surface area contributed by atoms with Crippen molar-refractivity contribution in [3.05, 3.63) is 29.8 Å². The summed E-state index contributed by atoms with van der Waals surface area (Å²) in [5.74, 6) is 3.51. The van der Waals surface area contributed by atoms with Crippen LogP contribution >= 0.6 is 0 Å². The molecule has 0 aromatic heterocycles. The first-order chi connectivity index (χ1) is 8.74. The van der Waals surface area contributed by atoms with Crippen molar-refractivity contribution in [2.24, 2.45) is 23.7 Å². The fourth-order valence-corrected chi connectivity index (χ4v) is 4.37. The average molecular weight is 243 g/mol. The molecule has 4 unspecified atom stereocenters. The zero-order valence-electron chi connectivity index (χ0n) is 10.2. The van der Waals surface area contributed by atoms with Gasteiger partial charge in [-0.05, 0) is 67.2 Å². The number of aromatic hydroxyl groups is 1. The molecule has 3 saturated carbocycles. The monoisotopic (exact) mass is 243 g/mol. The molecule has 3 heteroatoms. The van der Waals surface area contributed by atoms with Gasteiger partial charge in [0.2, 0.25) is 0 Å². The Labute approximate surface area is 106 Å². The number of phenolic OH excluding ortho intramolecular Hbond substituents is 1. The quantitative estimate of drug-likeness (QED) is 0.836. The Morgan fingerprint density at radius 3 is 2.33 bits per heavy atom. The Morgan fingerprint density at radius 2 is 1.72 bits per heavy atom. The number of carbonyl (C=O) groups excluding carboxylic acids is 1. The van der Waals surface area contributed by atoms with Crippen LogP contribution in [0.1, 0.15) is 29.6 Å². The highest BCUT2D eigenvalue weighted by Gasteiger charge is 2.65. The van der Waals surface area contributed by atoms with Crippen LogP contribution in [0, 0.1) is 23.7 Å². The second kappa shape index (κ2) is 3.50. The highest BCUT2D eigenvalue weighted by Crippen LogP contribution is 2.65. The van der Waals surface area contributed by atoms with Crippen molar-refractivity contribution in [1.82, 2.24) is 5.32 Å². The molecule has 18 heavy (non-hydrogen) atoms. The van der Waals surface area contributed by atoms with Crippen LogP contribution in [-0.2, 0) is 0 Å². The zero-order chi connectivity index (χ0) is 12.3. The van der Waals surface area contributed by atoms with E-state index < -0.39 is 0 Å². The summed E-state index contributed by atoms with van der Waals surface area (Å²) < 4.78 is 0. The Kier molecular flexibility index (Phi) is 2.02.